The molecule has 194 valence electrons. The SMILES string of the molecule is CC[C@H](C)NC(=O)[C@H](CC)N(Cc1ccccc1C)C(=O)CCCN1C(=O)c2ccccc2S1(=O)=O. The summed E-state index contributed by atoms with van der Waals surface area (Å²) in [5.74, 6) is -1.04. The third kappa shape index (κ3) is 5.78. The van der Waals surface area contributed by atoms with E-state index in [-0.39, 0.29) is 54.2 Å². The van der Waals surface area contributed by atoms with Crippen LogP contribution in [0.4, 0.5) is 0 Å². The summed E-state index contributed by atoms with van der Waals surface area (Å²) in [6, 6.07) is 13.1. The molecule has 1 N–H and O–H groups in total. The minimum atomic E-state index is -3.92. The van der Waals surface area contributed by atoms with E-state index in [0.717, 1.165) is 21.9 Å². The predicted molar refractivity (Wildman–Crippen MR) is 138 cm³/mol. The molecular weight excluding hydrogens is 478 g/mol. The Morgan fingerprint density at radius 2 is 1.69 bits per heavy atom. The van der Waals surface area contributed by atoms with Crippen LogP contribution in [-0.4, -0.2) is 54.0 Å². The van der Waals surface area contributed by atoms with Crippen molar-refractivity contribution in [2.45, 2.75) is 76.9 Å². The van der Waals surface area contributed by atoms with Crippen molar-refractivity contribution in [1.29, 1.82) is 0 Å². The Balaban J connectivity index is 1.76. The van der Waals surface area contributed by atoms with Gasteiger partial charge in [-0.15, -0.1) is 0 Å². The van der Waals surface area contributed by atoms with Crippen LogP contribution in [-0.2, 0) is 26.2 Å². The molecule has 2 aromatic rings. The van der Waals surface area contributed by atoms with E-state index < -0.39 is 22.0 Å². The number of hydrogen-bond acceptors (Lipinski definition) is 5. The van der Waals surface area contributed by atoms with Crippen molar-refractivity contribution in [2.24, 2.45) is 0 Å². The first-order chi connectivity index (χ1) is 17.1. The highest BCUT2D eigenvalue weighted by Gasteiger charge is 2.40. The van der Waals surface area contributed by atoms with Gasteiger partial charge in [0.15, 0.2) is 0 Å². The van der Waals surface area contributed by atoms with Crippen molar-refractivity contribution in [1.82, 2.24) is 14.5 Å². The quantitative estimate of drug-likeness (QED) is 0.494. The minimum absolute atomic E-state index is 0.00438. The summed E-state index contributed by atoms with van der Waals surface area (Å²) in [5, 5.41) is 2.98. The van der Waals surface area contributed by atoms with Gasteiger partial charge in [0.2, 0.25) is 11.8 Å². The molecule has 9 heteroatoms. The van der Waals surface area contributed by atoms with Crippen molar-refractivity contribution in [3.63, 3.8) is 0 Å². The average Bonchev–Trinajstić information content (AvgIpc) is 3.05. The third-order valence-corrected chi connectivity index (χ3v) is 8.49. The molecule has 1 aliphatic rings. The van der Waals surface area contributed by atoms with E-state index in [2.05, 4.69) is 5.32 Å². The summed E-state index contributed by atoms with van der Waals surface area (Å²) >= 11 is 0. The predicted octanol–water partition coefficient (Wildman–Crippen LogP) is 3.64. The van der Waals surface area contributed by atoms with Gasteiger partial charge in [0.1, 0.15) is 10.9 Å². The Hall–Kier alpha value is -3.20. The fraction of sp³-hybridized carbons (Fsp3) is 0.444. The van der Waals surface area contributed by atoms with Gasteiger partial charge >= 0.3 is 0 Å². The Morgan fingerprint density at radius 3 is 2.33 bits per heavy atom. The average molecular weight is 514 g/mol. The summed E-state index contributed by atoms with van der Waals surface area (Å²) in [7, 11) is -3.92. The first-order valence-corrected chi connectivity index (χ1v) is 13.9. The number of hydrogen-bond donors (Lipinski definition) is 1. The van der Waals surface area contributed by atoms with Crippen molar-refractivity contribution >= 4 is 27.7 Å². The Morgan fingerprint density at radius 1 is 1.03 bits per heavy atom. The monoisotopic (exact) mass is 513 g/mol. The number of benzene rings is 2. The standard InChI is InChI=1S/C27H35N3O5S/c1-5-20(4)28-26(32)23(6-2)29(18-21-13-8-7-12-19(21)3)25(31)16-11-17-30-27(33)22-14-9-10-15-24(22)36(30,34)35/h7-10,12-15,20,23H,5-6,11,16-18H2,1-4H3,(H,28,32)/t20-,23-/m0/s1. The van der Waals surface area contributed by atoms with Crippen LogP contribution in [0.3, 0.4) is 0 Å². The van der Waals surface area contributed by atoms with Crippen LogP contribution < -0.4 is 5.32 Å². The van der Waals surface area contributed by atoms with E-state index in [4.69, 9.17) is 0 Å². The lowest BCUT2D eigenvalue weighted by molar-refractivity contribution is -0.141. The Kier molecular flexibility index (Phi) is 8.89. The highest BCUT2D eigenvalue weighted by atomic mass is 32.2. The number of carbonyl (C=O) groups is 3. The summed E-state index contributed by atoms with van der Waals surface area (Å²) in [6.07, 6.45) is 1.38. The summed E-state index contributed by atoms with van der Waals surface area (Å²) < 4.78 is 26.5. The molecule has 0 aromatic heterocycles. The van der Waals surface area contributed by atoms with Gasteiger partial charge in [0.25, 0.3) is 15.9 Å². The van der Waals surface area contributed by atoms with E-state index in [0.29, 0.717) is 6.42 Å². The number of carbonyl (C=O) groups excluding carboxylic acids is 3. The number of sulfonamides is 1. The molecule has 0 radical (unpaired) electrons. The lowest BCUT2D eigenvalue weighted by atomic mass is 10.0. The molecule has 3 amide bonds. The van der Waals surface area contributed by atoms with Gasteiger partial charge in [0.05, 0.1) is 5.56 Å². The summed E-state index contributed by atoms with van der Waals surface area (Å²) in [6.45, 7) is 7.89. The van der Waals surface area contributed by atoms with Crippen LogP contribution in [0.2, 0.25) is 0 Å². The van der Waals surface area contributed by atoms with Gasteiger partial charge in [-0.1, -0.05) is 50.2 Å². The number of fused-ring (bicyclic) bond motifs is 1. The largest absolute Gasteiger partial charge is 0.352 e. The van der Waals surface area contributed by atoms with Crippen molar-refractivity contribution < 1.29 is 22.8 Å². The van der Waals surface area contributed by atoms with E-state index in [1.807, 2.05) is 52.0 Å². The molecule has 0 unspecified atom stereocenters. The van der Waals surface area contributed by atoms with Crippen LogP contribution in [0.25, 0.3) is 0 Å². The number of nitrogens with zero attached hydrogens (tertiary/aromatic N) is 2. The second kappa shape index (κ2) is 11.7. The molecule has 0 aliphatic carbocycles. The van der Waals surface area contributed by atoms with Crippen LogP contribution in [0.15, 0.2) is 53.4 Å². The first kappa shape index (κ1) is 27.4. The molecule has 8 nitrogen and oxygen atoms in total. The van der Waals surface area contributed by atoms with E-state index in [1.54, 1.807) is 17.0 Å². The highest BCUT2D eigenvalue weighted by molar-refractivity contribution is 7.90. The number of rotatable bonds is 11. The fourth-order valence-corrected chi connectivity index (χ4v) is 5.91. The van der Waals surface area contributed by atoms with Gasteiger partial charge in [-0.05, 0) is 56.4 Å². The van der Waals surface area contributed by atoms with Crippen molar-refractivity contribution in [2.75, 3.05) is 6.54 Å². The van der Waals surface area contributed by atoms with Gasteiger partial charge in [-0.2, -0.15) is 0 Å². The van der Waals surface area contributed by atoms with E-state index >= 15 is 0 Å². The van der Waals surface area contributed by atoms with Crippen LogP contribution in [0.1, 0.15) is 67.9 Å². The van der Waals surface area contributed by atoms with Gasteiger partial charge < -0.3 is 10.2 Å². The molecule has 0 spiro atoms. The summed E-state index contributed by atoms with van der Waals surface area (Å²) in [5.41, 5.74) is 2.10. The topological polar surface area (TPSA) is 104 Å². The molecule has 0 saturated carbocycles. The molecule has 36 heavy (non-hydrogen) atoms. The molecule has 2 aromatic carbocycles. The molecule has 3 rings (SSSR count). The Bertz CT molecular complexity index is 1230. The maximum atomic E-state index is 13.4. The molecule has 1 heterocycles. The first-order valence-electron chi connectivity index (χ1n) is 12.4. The number of amides is 3. The van der Waals surface area contributed by atoms with E-state index in [9.17, 15) is 22.8 Å². The normalized spacial score (nSPS) is 15.8. The lowest BCUT2D eigenvalue weighted by Crippen LogP contribution is -2.50. The minimum Gasteiger partial charge on any atom is -0.352 e. The number of aryl methyl sites for hydroxylation is 1. The maximum Gasteiger partial charge on any atom is 0.269 e. The van der Waals surface area contributed by atoms with Crippen molar-refractivity contribution in [3.05, 3.63) is 65.2 Å². The smallest absolute Gasteiger partial charge is 0.269 e. The second-order valence-corrected chi connectivity index (χ2v) is 11.0. The fourth-order valence-electron chi connectivity index (χ4n) is 4.30. The van der Waals surface area contributed by atoms with Gasteiger partial charge in [-0.3, -0.25) is 14.4 Å². The molecule has 0 fully saturated rings. The second-order valence-electron chi connectivity index (χ2n) is 9.17. The molecule has 2 atom stereocenters. The molecule has 0 saturated heterocycles. The zero-order chi connectivity index (χ0) is 26.5. The maximum absolute atomic E-state index is 13.4. The van der Waals surface area contributed by atoms with E-state index in [1.165, 1.54) is 12.1 Å². The summed E-state index contributed by atoms with van der Waals surface area (Å²) in [4.78, 5) is 40.8. The zero-order valence-corrected chi connectivity index (χ0v) is 22.2. The third-order valence-electron chi connectivity index (χ3n) is 6.65. The zero-order valence-electron chi connectivity index (χ0n) is 21.4. The van der Waals surface area contributed by atoms with Crippen LogP contribution >= 0.6 is 0 Å². The Labute approximate surface area is 213 Å². The molecular formula is C27H35N3O5S. The highest BCUT2D eigenvalue weighted by Crippen LogP contribution is 2.30. The van der Waals surface area contributed by atoms with Crippen LogP contribution in [0.5, 0.6) is 0 Å². The van der Waals surface area contributed by atoms with Gasteiger partial charge in [-0.25, -0.2) is 12.7 Å². The molecule has 0 bridgehead atoms. The molecule has 1 aliphatic heterocycles. The number of nitrogens with one attached hydrogen (secondary N) is 1. The van der Waals surface area contributed by atoms with Gasteiger partial charge in [0, 0.05) is 25.6 Å². The van der Waals surface area contributed by atoms with Crippen LogP contribution in [0, 0.1) is 6.92 Å². The lowest BCUT2D eigenvalue weighted by Gasteiger charge is -2.32. The van der Waals surface area contributed by atoms with Crippen molar-refractivity contribution in [3.8, 4) is 0 Å².